The van der Waals surface area contributed by atoms with Gasteiger partial charge in [0.1, 0.15) is 46.5 Å². The number of aliphatic hydroxyl groups is 3. The second kappa shape index (κ2) is 8.32. The molecule has 1 fully saturated rings. The number of benzene rings is 2. The molecule has 10 nitrogen and oxygen atoms in total. The summed E-state index contributed by atoms with van der Waals surface area (Å²) in [5.41, 5.74) is -0.146. The summed E-state index contributed by atoms with van der Waals surface area (Å²) < 4.78 is 21.8. The van der Waals surface area contributed by atoms with E-state index in [1.54, 1.807) is 6.07 Å². The van der Waals surface area contributed by atoms with Gasteiger partial charge < -0.3 is 44.2 Å². The van der Waals surface area contributed by atoms with Crippen molar-refractivity contribution < 1.29 is 44.2 Å². The van der Waals surface area contributed by atoms with Gasteiger partial charge >= 0.3 is 0 Å². The number of phenolic OH excluding ortho intramolecular Hbond substituents is 2. The maximum Gasteiger partial charge on any atom is 0.229 e. The smallest absolute Gasteiger partial charge is 0.229 e. The third-order valence-corrected chi connectivity index (χ3v) is 5.29. The Bertz CT molecular complexity index is 1200. The predicted octanol–water partition coefficient (Wildman–Crippen LogP) is 1.09. The number of methoxy groups -OCH3 is 1. The Balaban J connectivity index is 1.76. The minimum absolute atomic E-state index is 0.0169. The van der Waals surface area contributed by atoms with Crippen molar-refractivity contribution in [3.63, 3.8) is 0 Å². The Kier molecular flexibility index (Phi) is 5.70. The number of hydrogen-bond donors (Lipinski definition) is 5. The molecule has 1 aromatic heterocycles. The van der Waals surface area contributed by atoms with Gasteiger partial charge in [-0.2, -0.15) is 0 Å². The van der Waals surface area contributed by atoms with Crippen LogP contribution in [0.5, 0.6) is 23.0 Å². The zero-order valence-electron chi connectivity index (χ0n) is 17.1. The summed E-state index contributed by atoms with van der Waals surface area (Å²) in [5, 5.41) is 50.1. The topological polar surface area (TPSA) is 159 Å². The van der Waals surface area contributed by atoms with Crippen LogP contribution in [0.15, 0.2) is 45.6 Å². The highest BCUT2D eigenvalue weighted by Gasteiger charge is 2.43. The van der Waals surface area contributed by atoms with Crippen LogP contribution >= 0.6 is 0 Å². The highest BCUT2D eigenvalue weighted by molar-refractivity contribution is 5.86. The lowest BCUT2D eigenvalue weighted by molar-refractivity contribution is -0.267. The molecule has 2 aromatic carbocycles. The molecule has 0 saturated carbocycles. The molecule has 2 heterocycles. The van der Waals surface area contributed by atoms with E-state index < -0.39 is 36.1 Å². The number of hydrogen-bond acceptors (Lipinski definition) is 10. The summed E-state index contributed by atoms with van der Waals surface area (Å²) in [6, 6.07) is 8.01. The van der Waals surface area contributed by atoms with Gasteiger partial charge in [0.2, 0.25) is 6.29 Å². The first-order valence-electron chi connectivity index (χ1n) is 9.74. The van der Waals surface area contributed by atoms with Gasteiger partial charge in [-0.1, -0.05) is 0 Å². The number of phenols is 2. The van der Waals surface area contributed by atoms with Crippen LogP contribution in [0.4, 0.5) is 0 Å². The molecule has 3 aromatic rings. The summed E-state index contributed by atoms with van der Waals surface area (Å²) in [6.07, 6.45) is -6.72. The van der Waals surface area contributed by atoms with E-state index in [0.717, 1.165) is 6.07 Å². The molecule has 5 N–H and O–H groups in total. The van der Waals surface area contributed by atoms with Crippen molar-refractivity contribution in [2.45, 2.75) is 37.6 Å². The van der Waals surface area contributed by atoms with Crippen LogP contribution in [0.1, 0.15) is 6.92 Å². The van der Waals surface area contributed by atoms with Crippen molar-refractivity contribution in [3.05, 3.63) is 46.6 Å². The summed E-state index contributed by atoms with van der Waals surface area (Å²) >= 11 is 0. The molecular formula is C22H22O10. The first kappa shape index (κ1) is 21.9. The molecule has 0 unspecified atom stereocenters. The third-order valence-electron chi connectivity index (χ3n) is 5.29. The Morgan fingerprint density at radius 2 is 1.69 bits per heavy atom. The molecule has 1 aliphatic heterocycles. The minimum atomic E-state index is -1.60. The number of ether oxygens (including phenoxy) is 3. The average Bonchev–Trinajstić information content (AvgIpc) is 2.75. The van der Waals surface area contributed by atoms with Gasteiger partial charge in [0.05, 0.1) is 13.2 Å². The fraction of sp³-hybridized carbons (Fsp3) is 0.318. The molecule has 0 aliphatic carbocycles. The number of aromatic hydroxyl groups is 2. The number of fused-ring (bicyclic) bond motifs is 1. The van der Waals surface area contributed by atoms with E-state index in [4.69, 9.17) is 18.6 Å². The Morgan fingerprint density at radius 3 is 2.38 bits per heavy atom. The van der Waals surface area contributed by atoms with Crippen molar-refractivity contribution in [2.24, 2.45) is 0 Å². The van der Waals surface area contributed by atoms with Crippen LogP contribution in [0.2, 0.25) is 0 Å². The standard InChI is InChI=1S/C22H22O10/c1-9-19(26)20(27)21(28)22(30-9)32-17-7-11(23)6-16-18(17)13(25)8-15(31-16)10-3-4-14(29-2)12(24)5-10/h3-9,19-24,26-28H,1-2H3/t9-,19-,20+,21+,22-/m0/s1. The first-order valence-corrected chi connectivity index (χ1v) is 9.74. The van der Waals surface area contributed by atoms with E-state index in [0.29, 0.717) is 5.56 Å². The highest BCUT2D eigenvalue weighted by Crippen LogP contribution is 2.35. The Hall–Kier alpha value is -3.31. The van der Waals surface area contributed by atoms with Crippen molar-refractivity contribution in [2.75, 3.05) is 7.11 Å². The molecule has 10 heteroatoms. The van der Waals surface area contributed by atoms with Crippen LogP contribution in [-0.4, -0.2) is 63.3 Å². The molecule has 0 spiro atoms. The molecule has 0 radical (unpaired) electrons. The second-order valence-corrected chi connectivity index (χ2v) is 7.48. The Morgan fingerprint density at radius 1 is 0.938 bits per heavy atom. The SMILES string of the molecule is COc1ccc(-c2cc(=O)c3c(O[C@@H]4O[C@@H](C)[C@H](O)[C@@H](O)[C@H]4O)cc(O)cc3o2)cc1O. The van der Waals surface area contributed by atoms with Gasteiger partial charge in [-0.25, -0.2) is 0 Å². The second-order valence-electron chi connectivity index (χ2n) is 7.48. The molecule has 5 atom stereocenters. The molecule has 1 saturated heterocycles. The van der Waals surface area contributed by atoms with Gasteiger partial charge in [0.25, 0.3) is 0 Å². The monoisotopic (exact) mass is 446 g/mol. The molecule has 170 valence electrons. The van der Waals surface area contributed by atoms with E-state index in [-0.39, 0.29) is 39.7 Å². The van der Waals surface area contributed by atoms with Crippen LogP contribution < -0.4 is 14.9 Å². The molecule has 0 amide bonds. The predicted molar refractivity (Wildman–Crippen MR) is 111 cm³/mol. The summed E-state index contributed by atoms with van der Waals surface area (Å²) in [5.74, 6) is -0.205. The van der Waals surface area contributed by atoms with Crippen LogP contribution in [0.25, 0.3) is 22.3 Å². The summed E-state index contributed by atoms with van der Waals surface area (Å²) in [4.78, 5) is 12.9. The van der Waals surface area contributed by atoms with Gasteiger partial charge in [0, 0.05) is 23.8 Å². The maximum atomic E-state index is 12.9. The lowest BCUT2D eigenvalue weighted by atomic mass is 10.00. The van der Waals surface area contributed by atoms with Crippen LogP contribution in [0.3, 0.4) is 0 Å². The van der Waals surface area contributed by atoms with E-state index >= 15 is 0 Å². The maximum absolute atomic E-state index is 12.9. The molecule has 32 heavy (non-hydrogen) atoms. The molecule has 1 aliphatic rings. The lowest BCUT2D eigenvalue weighted by Gasteiger charge is -2.38. The normalized spacial score (nSPS) is 25.6. The fourth-order valence-corrected chi connectivity index (χ4v) is 3.55. The fourth-order valence-electron chi connectivity index (χ4n) is 3.55. The van der Waals surface area contributed by atoms with Gasteiger partial charge in [0.15, 0.2) is 16.9 Å². The zero-order chi connectivity index (χ0) is 23.2. The van der Waals surface area contributed by atoms with Crippen molar-refractivity contribution in [1.29, 1.82) is 0 Å². The third kappa shape index (κ3) is 3.84. The quantitative estimate of drug-likeness (QED) is 0.393. The van der Waals surface area contributed by atoms with Crippen molar-refractivity contribution >= 4 is 11.0 Å². The van der Waals surface area contributed by atoms with Gasteiger partial charge in [-0.3, -0.25) is 4.79 Å². The molecule has 4 rings (SSSR count). The number of aliphatic hydroxyl groups excluding tert-OH is 3. The summed E-state index contributed by atoms with van der Waals surface area (Å²) in [7, 11) is 1.41. The van der Waals surface area contributed by atoms with E-state index in [2.05, 4.69) is 0 Å². The minimum Gasteiger partial charge on any atom is -0.508 e. The lowest BCUT2D eigenvalue weighted by Crippen LogP contribution is -2.58. The van der Waals surface area contributed by atoms with E-state index in [9.17, 15) is 30.3 Å². The zero-order valence-corrected chi connectivity index (χ0v) is 17.1. The molecular weight excluding hydrogens is 424 g/mol. The largest absolute Gasteiger partial charge is 0.508 e. The van der Waals surface area contributed by atoms with Crippen LogP contribution in [0, 0.1) is 0 Å². The molecule has 0 bridgehead atoms. The van der Waals surface area contributed by atoms with Gasteiger partial charge in [-0.15, -0.1) is 0 Å². The average molecular weight is 446 g/mol. The van der Waals surface area contributed by atoms with Crippen molar-refractivity contribution in [3.8, 4) is 34.3 Å². The van der Waals surface area contributed by atoms with Crippen LogP contribution in [-0.2, 0) is 4.74 Å². The first-order chi connectivity index (χ1) is 15.2. The highest BCUT2D eigenvalue weighted by atomic mass is 16.7. The van der Waals surface area contributed by atoms with E-state index in [1.807, 2.05) is 0 Å². The van der Waals surface area contributed by atoms with Crippen molar-refractivity contribution in [1.82, 2.24) is 0 Å². The van der Waals surface area contributed by atoms with Gasteiger partial charge in [-0.05, 0) is 25.1 Å². The number of rotatable bonds is 4. The summed E-state index contributed by atoms with van der Waals surface area (Å²) in [6.45, 7) is 1.49. The van der Waals surface area contributed by atoms with E-state index in [1.165, 1.54) is 38.3 Å². The Labute approximate surface area is 181 Å².